The SMILES string of the molecule is Cc1cccn([N+]2(C)C(=O)CN3CCS(=O)(=O)CC32)c1=O. The zero-order chi connectivity index (χ0) is 15.4. The molecule has 3 heterocycles. The lowest BCUT2D eigenvalue weighted by Crippen LogP contribution is -2.69. The number of rotatable bonds is 1. The average Bonchev–Trinajstić information content (AvgIpc) is 2.65. The van der Waals surface area contributed by atoms with Gasteiger partial charge in [-0.1, -0.05) is 6.07 Å². The lowest BCUT2D eigenvalue weighted by Gasteiger charge is -2.37. The number of aromatic nitrogens is 1. The molecular formula is C13H18N3O4S+. The van der Waals surface area contributed by atoms with Crippen LogP contribution in [-0.2, 0) is 14.6 Å². The minimum atomic E-state index is -3.19. The predicted octanol–water partition coefficient (Wildman–Crippen LogP) is -1.18. The van der Waals surface area contributed by atoms with Crippen LogP contribution in [-0.4, -0.2) is 61.7 Å². The van der Waals surface area contributed by atoms with E-state index in [1.54, 1.807) is 32.3 Å². The van der Waals surface area contributed by atoms with Gasteiger partial charge >= 0.3 is 5.91 Å². The molecular weight excluding hydrogens is 294 g/mol. The van der Waals surface area contributed by atoms with Crippen molar-refractivity contribution in [3.8, 4) is 0 Å². The van der Waals surface area contributed by atoms with E-state index in [4.69, 9.17) is 0 Å². The minimum absolute atomic E-state index is 0.0689. The van der Waals surface area contributed by atoms with Crippen LogP contribution in [0.25, 0.3) is 0 Å². The van der Waals surface area contributed by atoms with E-state index in [1.807, 2.05) is 4.90 Å². The number of carbonyl (C=O) groups is 1. The molecule has 2 atom stereocenters. The Morgan fingerprint density at radius 1 is 1.33 bits per heavy atom. The second-order valence-corrected chi connectivity index (χ2v) is 8.06. The van der Waals surface area contributed by atoms with Gasteiger partial charge in [0.05, 0.1) is 11.9 Å². The van der Waals surface area contributed by atoms with Gasteiger partial charge in [0.1, 0.15) is 19.3 Å². The van der Waals surface area contributed by atoms with E-state index >= 15 is 0 Å². The smallest absolute Gasteiger partial charge is 0.264 e. The van der Waals surface area contributed by atoms with Crippen molar-refractivity contribution in [2.45, 2.75) is 13.1 Å². The summed E-state index contributed by atoms with van der Waals surface area (Å²) in [6.07, 6.45) is 1.02. The number of nitrogens with zero attached hydrogens (tertiary/aromatic N) is 3. The molecule has 1 aromatic heterocycles. The van der Waals surface area contributed by atoms with Gasteiger partial charge in [-0.25, -0.2) is 18.1 Å². The van der Waals surface area contributed by atoms with E-state index < -0.39 is 16.0 Å². The first kappa shape index (κ1) is 14.4. The number of aryl methyl sites for hydroxylation is 1. The van der Waals surface area contributed by atoms with Crippen molar-refractivity contribution in [1.29, 1.82) is 0 Å². The van der Waals surface area contributed by atoms with Crippen LogP contribution in [0, 0.1) is 6.92 Å². The van der Waals surface area contributed by atoms with Gasteiger partial charge in [0.2, 0.25) is 0 Å². The predicted molar refractivity (Wildman–Crippen MR) is 77.9 cm³/mol. The minimum Gasteiger partial charge on any atom is -0.264 e. The Hall–Kier alpha value is -1.51. The zero-order valence-corrected chi connectivity index (χ0v) is 12.8. The highest BCUT2D eigenvalue weighted by Gasteiger charge is 2.57. The number of amides is 1. The average molecular weight is 312 g/mol. The molecule has 7 nitrogen and oxygen atoms in total. The Labute approximate surface area is 122 Å². The molecule has 0 aromatic carbocycles. The summed E-state index contributed by atoms with van der Waals surface area (Å²) < 4.78 is 24.9. The number of likely N-dealkylation sites (N-methyl/N-ethyl adjacent to an activating group) is 1. The number of sulfone groups is 1. The number of hydrogen-bond donors (Lipinski definition) is 0. The molecule has 21 heavy (non-hydrogen) atoms. The van der Waals surface area contributed by atoms with Crippen LogP contribution in [0.5, 0.6) is 0 Å². The molecule has 3 rings (SSSR count). The van der Waals surface area contributed by atoms with Crippen molar-refractivity contribution in [1.82, 2.24) is 14.2 Å². The summed E-state index contributed by atoms with van der Waals surface area (Å²) in [5, 5.41) is 0. The Bertz CT molecular complexity index is 770. The summed E-state index contributed by atoms with van der Waals surface area (Å²) in [4.78, 5) is 26.7. The summed E-state index contributed by atoms with van der Waals surface area (Å²) in [6, 6.07) is 3.38. The third-order valence-corrected chi connectivity index (χ3v) is 6.11. The van der Waals surface area contributed by atoms with Crippen molar-refractivity contribution < 1.29 is 13.2 Å². The first-order chi connectivity index (χ1) is 9.75. The van der Waals surface area contributed by atoms with E-state index in [0.717, 1.165) is 0 Å². The van der Waals surface area contributed by atoms with Crippen LogP contribution in [0.4, 0.5) is 0 Å². The summed E-state index contributed by atoms with van der Waals surface area (Å²) in [5.41, 5.74) is 0.264. The molecule has 2 fully saturated rings. The van der Waals surface area contributed by atoms with Crippen LogP contribution < -0.4 is 10.2 Å². The number of hydrogen-bond acceptors (Lipinski definition) is 5. The van der Waals surface area contributed by atoms with Crippen LogP contribution in [0.3, 0.4) is 0 Å². The van der Waals surface area contributed by atoms with Crippen LogP contribution in [0.2, 0.25) is 0 Å². The zero-order valence-electron chi connectivity index (χ0n) is 12.0. The first-order valence-corrected chi connectivity index (χ1v) is 8.61. The van der Waals surface area contributed by atoms with Gasteiger partial charge in [-0.2, -0.15) is 4.68 Å². The molecule has 0 aliphatic carbocycles. The monoisotopic (exact) mass is 312 g/mol. The van der Waals surface area contributed by atoms with Crippen LogP contribution in [0.1, 0.15) is 5.56 Å². The Kier molecular flexibility index (Phi) is 3.09. The molecule has 114 valence electrons. The van der Waals surface area contributed by atoms with Crippen molar-refractivity contribution in [3.63, 3.8) is 0 Å². The van der Waals surface area contributed by atoms with Gasteiger partial charge in [0.15, 0.2) is 16.0 Å². The van der Waals surface area contributed by atoms with Crippen molar-refractivity contribution in [3.05, 3.63) is 34.2 Å². The fourth-order valence-electron chi connectivity index (χ4n) is 3.13. The van der Waals surface area contributed by atoms with Crippen LogP contribution >= 0.6 is 0 Å². The Morgan fingerprint density at radius 3 is 2.76 bits per heavy atom. The highest BCUT2D eigenvalue weighted by molar-refractivity contribution is 7.91. The lowest BCUT2D eigenvalue weighted by atomic mass is 10.3. The summed E-state index contributed by atoms with van der Waals surface area (Å²) in [5.74, 6) is -0.195. The maximum absolute atomic E-state index is 12.5. The fraction of sp³-hybridized carbons (Fsp3) is 0.538. The standard InChI is InChI=1S/C13H18N3O4S/c1-10-4-3-5-15(13(10)18)16(2)11-9-21(19,20)7-6-14(11)8-12(16)17/h3-5,11H,6-9H2,1-2H3/q+1. The summed E-state index contributed by atoms with van der Waals surface area (Å²) in [6.45, 7) is 2.20. The fourth-order valence-corrected chi connectivity index (χ4v) is 4.77. The maximum atomic E-state index is 12.5. The Balaban J connectivity index is 2.16. The first-order valence-electron chi connectivity index (χ1n) is 6.79. The molecule has 0 bridgehead atoms. The van der Waals surface area contributed by atoms with Crippen molar-refractivity contribution in [2.24, 2.45) is 0 Å². The molecule has 2 saturated heterocycles. The van der Waals surface area contributed by atoms with Gasteiger partial charge in [0.25, 0.3) is 5.56 Å². The quantitative estimate of drug-likeness (QED) is 0.610. The number of pyridine rings is 1. The molecule has 0 saturated carbocycles. The molecule has 8 heteroatoms. The molecule has 2 aliphatic rings. The van der Waals surface area contributed by atoms with Gasteiger partial charge in [-0.15, -0.1) is 4.59 Å². The molecule has 1 aromatic rings. The number of carbonyl (C=O) groups excluding carboxylic acids is 1. The molecule has 1 amide bonds. The van der Waals surface area contributed by atoms with E-state index in [-0.39, 0.29) is 34.1 Å². The Morgan fingerprint density at radius 2 is 2.05 bits per heavy atom. The van der Waals surface area contributed by atoms with Crippen molar-refractivity contribution in [2.75, 3.05) is 31.6 Å². The van der Waals surface area contributed by atoms with Crippen molar-refractivity contribution >= 4 is 15.7 Å². The topological polar surface area (TPSA) is 76.5 Å². The highest BCUT2D eigenvalue weighted by Crippen LogP contribution is 2.25. The van der Waals surface area contributed by atoms with Crippen LogP contribution in [0.15, 0.2) is 23.1 Å². The second kappa shape index (κ2) is 4.49. The van der Waals surface area contributed by atoms with Gasteiger partial charge in [-0.05, 0) is 13.0 Å². The molecule has 2 unspecified atom stereocenters. The summed E-state index contributed by atoms with van der Waals surface area (Å²) in [7, 11) is -1.57. The maximum Gasteiger partial charge on any atom is 0.353 e. The third-order valence-electron chi connectivity index (χ3n) is 4.50. The summed E-state index contributed by atoms with van der Waals surface area (Å²) >= 11 is 0. The van der Waals surface area contributed by atoms with Gasteiger partial charge in [0, 0.05) is 12.1 Å². The third kappa shape index (κ3) is 2.05. The highest BCUT2D eigenvalue weighted by atomic mass is 32.2. The van der Waals surface area contributed by atoms with E-state index in [0.29, 0.717) is 12.1 Å². The van der Waals surface area contributed by atoms with E-state index in [9.17, 15) is 18.0 Å². The molecule has 0 spiro atoms. The largest absolute Gasteiger partial charge is 0.353 e. The number of fused-ring (bicyclic) bond motifs is 1. The number of quaternary nitrogens is 1. The van der Waals surface area contributed by atoms with Gasteiger partial charge < -0.3 is 0 Å². The lowest BCUT2D eigenvalue weighted by molar-refractivity contribution is -0.132. The molecule has 0 radical (unpaired) electrons. The van der Waals surface area contributed by atoms with E-state index in [2.05, 4.69) is 0 Å². The molecule has 0 N–H and O–H groups in total. The normalized spacial score (nSPS) is 32.1. The second-order valence-electron chi connectivity index (χ2n) is 5.83. The van der Waals surface area contributed by atoms with Gasteiger partial charge in [-0.3, -0.25) is 4.79 Å². The van der Waals surface area contributed by atoms with E-state index in [1.165, 1.54) is 4.68 Å². The molecule has 2 aliphatic heterocycles.